The number of nitrogens with zero attached hydrogens (tertiary/aromatic N) is 1. The molecule has 1 amide bonds. The molecule has 0 atom stereocenters. The third kappa shape index (κ3) is 7.47. The van der Waals surface area contributed by atoms with Gasteiger partial charge in [-0.15, -0.1) is 24.0 Å². The highest BCUT2D eigenvalue weighted by molar-refractivity contribution is 14.0. The van der Waals surface area contributed by atoms with Crippen LogP contribution in [0.4, 0.5) is 5.69 Å². The molecule has 23 heavy (non-hydrogen) atoms. The molecule has 1 aromatic heterocycles. The minimum Gasteiger partial charge on any atom is -0.357 e. The van der Waals surface area contributed by atoms with E-state index in [4.69, 9.17) is 0 Å². The van der Waals surface area contributed by atoms with E-state index in [2.05, 4.69) is 26.3 Å². The zero-order valence-electron chi connectivity index (χ0n) is 12.9. The number of hydrogen-bond acceptors (Lipinski definition) is 3. The molecule has 3 N–H and O–H groups in total. The summed E-state index contributed by atoms with van der Waals surface area (Å²) >= 11 is 1.65. The maximum Gasteiger partial charge on any atom is 0.243 e. The van der Waals surface area contributed by atoms with E-state index in [-0.39, 0.29) is 36.4 Å². The summed E-state index contributed by atoms with van der Waals surface area (Å²) in [6.07, 6.45) is 0. The molecule has 0 radical (unpaired) electrons. The van der Waals surface area contributed by atoms with Gasteiger partial charge in [0, 0.05) is 12.2 Å². The van der Waals surface area contributed by atoms with Crippen LogP contribution in [0.15, 0.2) is 52.2 Å². The minimum absolute atomic E-state index is 0. The summed E-state index contributed by atoms with van der Waals surface area (Å²) in [7, 11) is 0. The van der Waals surface area contributed by atoms with Crippen molar-refractivity contribution in [3.05, 3.63) is 52.7 Å². The van der Waals surface area contributed by atoms with Gasteiger partial charge in [0.05, 0.1) is 13.1 Å². The van der Waals surface area contributed by atoms with Crippen molar-refractivity contribution in [1.29, 1.82) is 0 Å². The SMILES string of the molecule is CCNC(=NCc1ccsc1)NCC(=O)Nc1ccccc1.I. The minimum atomic E-state index is -0.104. The van der Waals surface area contributed by atoms with Gasteiger partial charge in [-0.3, -0.25) is 4.79 Å². The number of amides is 1. The molecule has 0 spiro atoms. The number of benzene rings is 1. The van der Waals surface area contributed by atoms with Crippen molar-refractivity contribution in [2.24, 2.45) is 4.99 Å². The topological polar surface area (TPSA) is 65.5 Å². The average Bonchev–Trinajstić information content (AvgIpc) is 3.04. The first-order chi connectivity index (χ1) is 10.8. The summed E-state index contributed by atoms with van der Waals surface area (Å²) in [4.78, 5) is 16.4. The van der Waals surface area contributed by atoms with Crippen molar-refractivity contribution in [2.75, 3.05) is 18.4 Å². The molecule has 7 heteroatoms. The third-order valence-electron chi connectivity index (χ3n) is 2.82. The van der Waals surface area contributed by atoms with Gasteiger partial charge in [-0.1, -0.05) is 18.2 Å². The molecule has 2 aromatic rings. The second-order valence-corrected chi connectivity index (χ2v) is 5.37. The lowest BCUT2D eigenvalue weighted by atomic mass is 10.3. The van der Waals surface area contributed by atoms with E-state index in [1.807, 2.05) is 48.7 Å². The van der Waals surface area contributed by atoms with Gasteiger partial charge in [0.1, 0.15) is 0 Å². The molecule has 0 bridgehead atoms. The lowest BCUT2D eigenvalue weighted by Gasteiger charge is -2.11. The Morgan fingerprint density at radius 1 is 1.17 bits per heavy atom. The van der Waals surface area contributed by atoms with E-state index in [1.165, 1.54) is 0 Å². The van der Waals surface area contributed by atoms with Gasteiger partial charge in [-0.2, -0.15) is 11.3 Å². The van der Waals surface area contributed by atoms with E-state index in [9.17, 15) is 4.79 Å². The highest BCUT2D eigenvalue weighted by Crippen LogP contribution is 2.06. The number of nitrogens with one attached hydrogen (secondary N) is 3. The monoisotopic (exact) mass is 444 g/mol. The molecule has 0 fully saturated rings. The number of para-hydroxylation sites is 1. The summed E-state index contributed by atoms with van der Waals surface area (Å²) < 4.78 is 0. The third-order valence-corrected chi connectivity index (χ3v) is 3.55. The van der Waals surface area contributed by atoms with Crippen molar-refractivity contribution in [1.82, 2.24) is 10.6 Å². The lowest BCUT2D eigenvalue weighted by Crippen LogP contribution is -2.41. The Labute approximate surface area is 157 Å². The predicted molar refractivity (Wildman–Crippen MR) is 108 cm³/mol. The second kappa shape index (κ2) is 11.0. The fourth-order valence-electron chi connectivity index (χ4n) is 1.79. The van der Waals surface area contributed by atoms with Gasteiger partial charge in [0.2, 0.25) is 5.91 Å². The molecule has 5 nitrogen and oxygen atoms in total. The van der Waals surface area contributed by atoms with Gasteiger partial charge >= 0.3 is 0 Å². The second-order valence-electron chi connectivity index (χ2n) is 4.59. The molecule has 0 unspecified atom stereocenters. The molecule has 1 aromatic carbocycles. The van der Waals surface area contributed by atoms with Crippen molar-refractivity contribution in [3.63, 3.8) is 0 Å². The molecule has 0 saturated heterocycles. The van der Waals surface area contributed by atoms with Crippen LogP contribution in [0.25, 0.3) is 0 Å². The molecule has 1 heterocycles. The van der Waals surface area contributed by atoms with E-state index in [0.717, 1.165) is 17.8 Å². The first-order valence-corrected chi connectivity index (χ1v) is 8.10. The number of carbonyl (C=O) groups is 1. The highest BCUT2D eigenvalue weighted by Gasteiger charge is 2.04. The van der Waals surface area contributed by atoms with Gasteiger partial charge < -0.3 is 16.0 Å². The first-order valence-electron chi connectivity index (χ1n) is 7.16. The van der Waals surface area contributed by atoms with Crippen LogP contribution in [0.5, 0.6) is 0 Å². The van der Waals surface area contributed by atoms with Crippen molar-refractivity contribution in [2.45, 2.75) is 13.5 Å². The van der Waals surface area contributed by atoms with Crippen molar-refractivity contribution >= 4 is 52.9 Å². The first kappa shape index (κ1) is 19.4. The van der Waals surface area contributed by atoms with Gasteiger partial charge in [0.15, 0.2) is 5.96 Å². The van der Waals surface area contributed by atoms with Gasteiger partial charge in [0.25, 0.3) is 0 Å². The fraction of sp³-hybridized carbons (Fsp3) is 0.250. The van der Waals surface area contributed by atoms with Crippen molar-refractivity contribution in [3.8, 4) is 0 Å². The molecule has 0 aliphatic carbocycles. The summed E-state index contributed by atoms with van der Waals surface area (Å²) in [5.41, 5.74) is 1.95. The van der Waals surface area contributed by atoms with Crippen LogP contribution in [0.3, 0.4) is 0 Å². The van der Waals surface area contributed by atoms with Crippen LogP contribution in [0.1, 0.15) is 12.5 Å². The van der Waals surface area contributed by atoms with Crippen LogP contribution in [-0.2, 0) is 11.3 Å². The highest BCUT2D eigenvalue weighted by atomic mass is 127. The fourth-order valence-corrected chi connectivity index (χ4v) is 2.45. The van der Waals surface area contributed by atoms with E-state index in [1.54, 1.807) is 11.3 Å². The smallest absolute Gasteiger partial charge is 0.243 e. The van der Waals surface area contributed by atoms with Crippen LogP contribution in [-0.4, -0.2) is 25.0 Å². The molecule has 0 aliphatic rings. The number of guanidine groups is 1. The Hall–Kier alpha value is -1.61. The number of rotatable bonds is 6. The molecular weight excluding hydrogens is 423 g/mol. The van der Waals surface area contributed by atoms with Gasteiger partial charge in [-0.05, 0) is 41.4 Å². The number of hydrogen-bond donors (Lipinski definition) is 3. The molecule has 124 valence electrons. The number of thiophene rings is 1. The lowest BCUT2D eigenvalue weighted by molar-refractivity contribution is -0.115. The Morgan fingerprint density at radius 3 is 2.61 bits per heavy atom. The summed E-state index contributed by atoms with van der Waals surface area (Å²) in [5, 5.41) is 13.1. The number of carbonyl (C=O) groups excluding carboxylic acids is 1. The maximum atomic E-state index is 11.9. The Kier molecular flexibility index (Phi) is 9.30. The molecule has 0 aliphatic heterocycles. The Bertz CT molecular complexity index is 602. The van der Waals surface area contributed by atoms with Crippen LogP contribution in [0, 0.1) is 0 Å². The number of halogens is 1. The summed E-state index contributed by atoms with van der Waals surface area (Å²) in [5.74, 6) is 0.532. The van der Waals surface area contributed by atoms with Crippen LogP contribution >= 0.6 is 35.3 Å². The largest absolute Gasteiger partial charge is 0.357 e. The normalized spacial score (nSPS) is 10.6. The molecule has 0 saturated carbocycles. The van der Waals surface area contributed by atoms with E-state index in [0.29, 0.717) is 12.5 Å². The van der Waals surface area contributed by atoms with Gasteiger partial charge in [-0.25, -0.2) is 4.99 Å². The number of aliphatic imine (C=N–C) groups is 1. The predicted octanol–water partition coefficient (Wildman–Crippen LogP) is 3.06. The summed E-state index contributed by atoms with van der Waals surface area (Å²) in [6.45, 7) is 3.51. The quantitative estimate of drug-likeness (QED) is 0.365. The average molecular weight is 444 g/mol. The standard InChI is InChI=1S/C16H20N4OS.HI/c1-2-17-16(18-10-13-8-9-22-12-13)19-11-15(21)20-14-6-4-3-5-7-14;/h3-9,12H,2,10-11H2,1H3,(H,20,21)(H2,17,18,19);1H. The van der Waals surface area contributed by atoms with Crippen LogP contribution < -0.4 is 16.0 Å². The zero-order chi connectivity index (χ0) is 15.6. The van der Waals surface area contributed by atoms with Crippen LogP contribution in [0.2, 0.25) is 0 Å². The van der Waals surface area contributed by atoms with E-state index < -0.39 is 0 Å². The van der Waals surface area contributed by atoms with E-state index >= 15 is 0 Å². The molecular formula is C16H21IN4OS. The zero-order valence-corrected chi connectivity index (χ0v) is 16.1. The Balaban J connectivity index is 0.00000264. The maximum absolute atomic E-state index is 11.9. The molecule has 2 rings (SSSR count). The van der Waals surface area contributed by atoms with Crippen molar-refractivity contribution < 1.29 is 4.79 Å². The Morgan fingerprint density at radius 2 is 1.96 bits per heavy atom. The number of anilines is 1. The summed E-state index contributed by atoms with van der Waals surface area (Å²) in [6, 6.07) is 11.4.